The Balaban J connectivity index is 1.84. The smallest absolute Gasteiger partial charge is 0.253 e. The monoisotopic (exact) mass is 284 g/mol. The molecule has 4 heteroatoms. The fourth-order valence-corrected chi connectivity index (χ4v) is 1.98. The lowest BCUT2D eigenvalue weighted by atomic mass is 10.2. The molecule has 4 nitrogen and oxygen atoms in total. The number of rotatable bonds is 6. The van der Waals surface area contributed by atoms with Gasteiger partial charge in [0.2, 0.25) is 0 Å². The van der Waals surface area contributed by atoms with E-state index < -0.39 is 0 Å². The van der Waals surface area contributed by atoms with Crippen LogP contribution in [0.4, 0.5) is 5.69 Å². The number of para-hydroxylation sites is 1. The van der Waals surface area contributed by atoms with E-state index in [2.05, 4.69) is 5.32 Å². The van der Waals surface area contributed by atoms with Gasteiger partial charge in [0.25, 0.3) is 5.91 Å². The van der Waals surface area contributed by atoms with Crippen LogP contribution in [0.15, 0.2) is 54.6 Å². The maximum atomic E-state index is 12.2. The lowest BCUT2D eigenvalue weighted by Crippen LogP contribution is -2.31. The molecule has 110 valence electrons. The molecule has 0 atom stereocenters. The number of carbonyl (C=O) groups excluding carboxylic acids is 1. The molecule has 21 heavy (non-hydrogen) atoms. The Morgan fingerprint density at radius 1 is 1.10 bits per heavy atom. The first kappa shape index (κ1) is 14.9. The Morgan fingerprint density at radius 3 is 2.38 bits per heavy atom. The number of hydrogen-bond acceptors (Lipinski definition) is 3. The highest BCUT2D eigenvalue weighted by atomic mass is 16.5. The molecule has 0 aliphatic rings. The fourth-order valence-electron chi connectivity index (χ4n) is 1.98. The quantitative estimate of drug-likeness (QED) is 0.887. The molecule has 0 spiro atoms. The molecule has 0 saturated carbocycles. The van der Waals surface area contributed by atoms with Gasteiger partial charge in [-0.25, -0.2) is 0 Å². The second-order valence-electron chi connectivity index (χ2n) is 4.75. The highest BCUT2D eigenvalue weighted by molar-refractivity contribution is 5.94. The van der Waals surface area contributed by atoms with Crippen LogP contribution >= 0.6 is 0 Å². The van der Waals surface area contributed by atoms with Crippen LogP contribution in [0.1, 0.15) is 10.4 Å². The Kier molecular flexibility index (Phi) is 5.21. The molecule has 2 rings (SSSR count). The van der Waals surface area contributed by atoms with E-state index in [0.29, 0.717) is 18.7 Å². The second kappa shape index (κ2) is 7.33. The normalized spacial score (nSPS) is 10.0. The van der Waals surface area contributed by atoms with E-state index in [4.69, 9.17) is 4.74 Å². The van der Waals surface area contributed by atoms with Crippen molar-refractivity contribution in [2.75, 3.05) is 32.6 Å². The topological polar surface area (TPSA) is 41.6 Å². The summed E-state index contributed by atoms with van der Waals surface area (Å²) in [6.45, 7) is 1.35. The van der Waals surface area contributed by atoms with E-state index >= 15 is 0 Å². The van der Waals surface area contributed by atoms with Crippen molar-refractivity contribution in [2.45, 2.75) is 0 Å². The molecule has 0 bridgehead atoms. The van der Waals surface area contributed by atoms with Gasteiger partial charge >= 0.3 is 0 Å². The Hall–Kier alpha value is -2.49. The fraction of sp³-hybridized carbons (Fsp3) is 0.235. The number of ether oxygens (including phenoxy) is 1. The molecule has 0 radical (unpaired) electrons. The van der Waals surface area contributed by atoms with Crippen LogP contribution in [0.2, 0.25) is 0 Å². The lowest BCUT2D eigenvalue weighted by Gasteiger charge is -2.18. The highest BCUT2D eigenvalue weighted by Gasteiger charge is 2.11. The van der Waals surface area contributed by atoms with E-state index in [1.807, 2.05) is 30.3 Å². The zero-order valence-corrected chi connectivity index (χ0v) is 12.4. The summed E-state index contributed by atoms with van der Waals surface area (Å²) in [5, 5.41) is 3.29. The minimum absolute atomic E-state index is 0.00696. The van der Waals surface area contributed by atoms with Gasteiger partial charge in [0.05, 0.1) is 7.11 Å². The molecule has 2 aromatic rings. The third-order valence-corrected chi connectivity index (χ3v) is 3.23. The summed E-state index contributed by atoms with van der Waals surface area (Å²) in [4.78, 5) is 14.0. The molecule has 0 aromatic heterocycles. The summed E-state index contributed by atoms with van der Waals surface area (Å²) in [6.07, 6.45) is 0. The molecule has 1 amide bonds. The van der Waals surface area contributed by atoms with Gasteiger partial charge in [-0.1, -0.05) is 18.2 Å². The first-order chi connectivity index (χ1) is 10.2. The molecule has 0 aliphatic heterocycles. The molecular formula is C17H20N2O2. The van der Waals surface area contributed by atoms with Gasteiger partial charge in [0.15, 0.2) is 0 Å². The number of nitrogens with zero attached hydrogens (tertiary/aromatic N) is 1. The van der Waals surface area contributed by atoms with Crippen molar-refractivity contribution in [1.29, 1.82) is 0 Å². The number of carbonyl (C=O) groups is 1. The largest absolute Gasteiger partial charge is 0.497 e. The average Bonchev–Trinajstić information content (AvgIpc) is 2.55. The van der Waals surface area contributed by atoms with E-state index in [1.165, 1.54) is 0 Å². The number of amides is 1. The Bertz CT molecular complexity index is 567. The van der Waals surface area contributed by atoms with Crippen molar-refractivity contribution < 1.29 is 9.53 Å². The molecule has 0 saturated heterocycles. The minimum Gasteiger partial charge on any atom is -0.497 e. The second-order valence-corrected chi connectivity index (χ2v) is 4.75. The van der Waals surface area contributed by atoms with Gasteiger partial charge in [0, 0.05) is 31.4 Å². The molecular weight excluding hydrogens is 264 g/mol. The molecule has 0 fully saturated rings. The maximum absolute atomic E-state index is 12.2. The summed E-state index contributed by atoms with van der Waals surface area (Å²) >= 11 is 0. The summed E-state index contributed by atoms with van der Waals surface area (Å²) in [7, 11) is 3.41. The van der Waals surface area contributed by atoms with Crippen molar-refractivity contribution in [2.24, 2.45) is 0 Å². The van der Waals surface area contributed by atoms with Crippen molar-refractivity contribution >= 4 is 11.6 Å². The predicted molar refractivity (Wildman–Crippen MR) is 84.9 cm³/mol. The maximum Gasteiger partial charge on any atom is 0.253 e. The minimum atomic E-state index is 0.00696. The van der Waals surface area contributed by atoms with E-state index in [1.54, 1.807) is 43.3 Å². The molecule has 1 N–H and O–H groups in total. The molecule has 2 aromatic carbocycles. The number of benzene rings is 2. The number of anilines is 1. The van der Waals surface area contributed by atoms with Gasteiger partial charge in [-0.05, 0) is 36.4 Å². The Labute approximate surface area is 125 Å². The third-order valence-electron chi connectivity index (χ3n) is 3.23. The number of nitrogens with one attached hydrogen (secondary N) is 1. The van der Waals surface area contributed by atoms with Gasteiger partial charge in [-0.15, -0.1) is 0 Å². The van der Waals surface area contributed by atoms with Crippen molar-refractivity contribution in [3.05, 3.63) is 60.2 Å². The van der Waals surface area contributed by atoms with Crippen LogP contribution in [0.3, 0.4) is 0 Å². The van der Waals surface area contributed by atoms with Crippen molar-refractivity contribution in [1.82, 2.24) is 4.90 Å². The predicted octanol–water partition coefficient (Wildman–Crippen LogP) is 2.88. The number of hydrogen-bond donors (Lipinski definition) is 1. The van der Waals surface area contributed by atoms with E-state index in [0.717, 1.165) is 11.4 Å². The molecule has 0 unspecified atom stereocenters. The molecule has 0 heterocycles. The summed E-state index contributed by atoms with van der Waals surface area (Å²) in [5.41, 5.74) is 1.72. The van der Waals surface area contributed by atoms with Crippen molar-refractivity contribution in [3.8, 4) is 5.75 Å². The zero-order chi connectivity index (χ0) is 15.1. The average molecular weight is 284 g/mol. The first-order valence-corrected chi connectivity index (χ1v) is 6.89. The summed E-state index contributed by atoms with van der Waals surface area (Å²) < 4.78 is 5.09. The standard InChI is InChI=1S/C17H20N2O2/c1-19(13-12-18-15-6-4-3-5-7-15)17(20)14-8-10-16(21-2)11-9-14/h3-11,18H,12-13H2,1-2H3. The first-order valence-electron chi connectivity index (χ1n) is 6.89. The van der Waals surface area contributed by atoms with Crippen LogP contribution in [0.25, 0.3) is 0 Å². The van der Waals surface area contributed by atoms with Gasteiger partial charge < -0.3 is 15.0 Å². The van der Waals surface area contributed by atoms with Crippen LogP contribution in [-0.2, 0) is 0 Å². The Morgan fingerprint density at radius 2 is 1.76 bits per heavy atom. The SMILES string of the molecule is COc1ccc(C(=O)N(C)CCNc2ccccc2)cc1. The third kappa shape index (κ3) is 4.24. The highest BCUT2D eigenvalue weighted by Crippen LogP contribution is 2.12. The van der Waals surface area contributed by atoms with Crippen LogP contribution in [0.5, 0.6) is 5.75 Å². The van der Waals surface area contributed by atoms with Gasteiger partial charge in [-0.3, -0.25) is 4.79 Å². The van der Waals surface area contributed by atoms with Crippen molar-refractivity contribution in [3.63, 3.8) is 0 Å². The van der Waals surface area contributed by atoms with Gasteiger partial charge in [-0.2, -0.15) is 0 Å². The van der Waals surface area contributed by atoms with E-state index in [9.17, 15) is 4.79 Å². The van der Waals surface area contributed by atoms with Crippen LogP contribution in [-0.4, -0.2) is 38.1 Å². The summed E-state index contributed by atoms with van der Waals surface area (Å²) in [6, 6.07) is 17.1. The number of likely N-dealkylation sites (N-methyl/N-ethyl adjacent to an activating group) is 1. The van der Waals surface area contributed by atoms with E-state index in [-0.39, 0.29) is 5.91 Å². The lowest BCUT2D eigenvalue weighted by molar-refractivity contribution is 0.0800. The number of methoxy groups -OCH3 is 1. The van der Waals surface area contributed by atoms with Crippen LogP contribution < -0.4 is 10.1 Å². The summed E-state index contributed by atoms with van der Waals surface area (Å²) in [5.74, 6) is 0.757. The van der Waals surface area contributed by atoms with Gasteiger partial charge in [0.1, 0.15) is 5.75 Å². The molecule has 0 aliphatic carbocycles. The zero-order valence-electron chi connectivity index (χ0n) is 12.4. The van der Waals surface area contributed by atoms with Crippen LogP contribution in [0, 0.1) is 0 Å².